The van der Waals surface area contributed by atoms with Gasteiger partial charge in [0.1, 0.15) is 9.71 Å². The van der Waals surface area contributed by atoms with Crippen molar-refractivity contribution in [3.8, 4) is 0 Å². The number of nitrogens with two attached hydrogens (primary N) is 1. The van der Waals surface area contributed by atoms with Crippen molar-refractivity contribution < 1.29 is 9.53 Å². The minimum absolute atomic E-state index is 0.0361. The Morgan fingerprint density at radius 1 is 1.42 bits per heavy atom. The third-order valence-corrected chi connectivity index (χ3v) is 4.22. The van der Waals surface area contributed by atoms with Gasteiger partial charge in [0.15, 0.2) is 0 Å². The number of hydrogen-bond donors (Lipinski definition) is 1. The van der Waals surface area contributed by atoms with E-state index >= 15 is 0 Å². The fourth-order valence-electron chi connectivity index (χ4n) is 2.12. The highest BCUT2D eigenvalue weighted by Crippen LogP contribution is 2.32. The van der Waals surface area contributed by atoms with E-state index in [1.54, 1.807) is 17.2 Å². The number of carbonyl (C=O) groups is 1. The second kappa shape index (κ2) is 5.10. The number of rotatable bonds is 1. The molecule has 2 aromatic rings. The zero-order valence-corrected chi connectivity index (χ0v) is 11.2. The van der Waals surface area contributed by atoms with Gasteiger partial charge in [-0.25, -0.2) is 0 Å². The lowest BCUT2D eigenvalue weighted by atomic mass is 10.2. The van der Waals surface area contributed by atoms with Crippen molar-refractivity contribution in [2.75, 3.05) is 32.0 Å². The van der Waals surface area contributed by atoms with Gasteiger partial charge in [0.25, 0.3) is 5.91 Å². The Kier molecular flexibility index (Phi) is 3.31. The minimum atomic E-state index is -0.0361. The highest BCUT2D eigenvalue weighted by molar-refractivity contribution is 7.21. The Balaban J connectivity index is 1.94. The van der Waals surface area contributed by atoms with E-state index in [2.05, 4.69) is 10.2 Å². The Morgan fingerprint density at radius 2 is 2.32 bits per heavy atom. The maximum atomic E-state index is 12.5. The largest absolute Gasteiger partial charge is 0.397 e. The maximum Gasteiger partial charge on any atom is 0.266 e. The summed E-state index contributed by atoms with van der Waals surface area (Å²) in [5, 5.41) is 8.62. The lowest BCUT2D eigenvalue weighted by molar-refractivity contribution is 0.0747. The number of nitrogen functional groups attached to an aromatic ring is 1. The quantitative estimate of drug-likeness (QED) is 0.846. The SMILES string of the molecule is Nc1c(C(=O)N2CCCOCC2)sc2nnccc12. The first-order valence-electron chi connectivity index (χ1n) is 6.14. The van der Waals surface area contributed by atoms with Gasteiger partial charge in [-0.2, -0.15) is 5.10 Å². The van der Waals surface area contributed by atoms with Crippen molar-refractivity contribution >= 4 is 33.1 Å². The van der Waals surface area contributed by atoms with E-state index in [9.17, 15) is 4.79 Å². The molecule has 0 atom stereocenters. The molecule has 0 radical (unpaired) electrons. The van der Waals surface area contributed by atoms with Gasteiger partial charge < -0.3 is 15.4 Å². The molecular weight excluding hydrogens is 264 g/mol. The molecule has 1 aliphatic rings. The van der Waals surface area contributed by atoms with Crippen molar-refractivity contribution in [3.05, 3.63) is 17.1 Å². The number of anilines is 1. The molecule has 3 rings (SSSR count). The minimum Gasteiger partial charge on any atom is -0.397 e. The molecule has 2 aromatic heterocycles. The zero-order valence-electron chi connectivity index (χ0n) is 10.3. The third kappa shape index (κ3) is 2.26. The van der Waals surface area contributed by atoms with Crippen LogP contribution < -0.4 is 5.73 Å². The van der Waals surface area contributed by atoms with Gasteiger partial charge in [0.2, 0.25) is 0 Å². The molecule has 3 heterocycles. The van der Waals surface area contributed by atoms with Gasteiger partial charge >= 0.3 is 0 Å². The molecule has 6 nitrogen and oxygen atoms in total. The number of fused-ring (bicyclic) bond motifs is 1. The fourth-order valence-corrected chi connectivity index (χ4v) is 3.13. The number of nitrogens with zero attached hydrogens (tertiary/aromatic N) is 3. The van der Waals surface area contributed by atoms with E-state index in [-0.39, 0.29) is 5.91 Å². The van der Waals surface area contributed by atoms with Gasteiger partial charge in [-0.1, -0.05) is 0 Å². The second-order valence-electron chi connectivity index (χ2n) is 4.35. The highest BCUT2D eigenvalue weighted by atomic mass is 32.1. The van der Waals surface area contributed by atoms with Gasteiger partial charge in [0, 0.05) is 25.1 Å². The molecule has 1 saturated heterocycles. The molecule has 0 aliphatic carbocycles. The molecule has 1 amide bonds. The number of amides is 1. The van der Waals surface area contributed by atoms with Crippen LogP contribution in [0, 0.1) is 0 Å². The Morgan fingerprint density at radius 3 is 3.16 bits per heavy atom. The molecule has 19 heavy (non-hydrogen) atoms. The number of aromatic nitrogens is 2. The van der Waals surface area contributed by atoms with Gasteiger partial charge in [-0.3, -0.25) is 4.79 Å². The average Bonchev–Trinajstić information content (AvgIpc) is 2.64. The molecule has 2 N–H and O–H groups in total. The first-order valence-corrected chi connectivity index (χ1v) is 6.95. The van der Waals surface area contributed by atoms with E-state index in [4.69, 9.17) is 10.5 Å². The van der Waals surface area contributed by atoms with E-state index < -0.39 is 0 Å². The molecule has 7 heteroatoms. The van der Waals surface area contributed by atoms with E-state index in [1.165, 1.54) is 11.3 Å². The van der Waals surface area contributed by atoms with Crippen LogP contribution in [0.5, 0.6) is 0 Å². The van der Waals surface area contributed by atoms with Crippen molar-refractivity contribution in [2.24, 2.45) is 0 Å². The summed E-state index contributed by atoms with van der Waals surface area (Å²) in [5.41, 5.74) is 6.55. The van der Waals surface area contributed by atoms with E-state index in [0.717, 1.165) is 11.8 Å². The van der Waals surface area contributed by atoms with Crippen molar-refractivity contribution in [1.82, 2.24) is 15.1 Å². The summed E-state index contributed by atoms with van der Waals surface area (Å²) in [6.45, 7) is 2.60. The molecule has 0 saturated carbocycles. The monoisotopic (exact) mass is 278 g/mol. The van der Waals surface area contributed by atoms with Gasteiger partial charge in [-0.15, -0.1) is 16.4 Å². The molecule has 0 spiro atoms. The van der Waals surface area contributed by atoms with E-state index in [0.29, 0.717) is 41.7 Å². The van der Waals surface area contributed by atoms with Crippen molar-refractivity contribution in [2.45, 2.75) is 6.42 Å². The molecule has 1 fully saturated rings. The van der Waals surface area contributed by atoms with Crippen LogP contribution in [0.1, 0.15) is 16.1 Å². The standard InChI is InChI=1S/C12H14N4O2S/c13-9-8-2-3-14-15-11(8)19-10(9)12(17)16-4-1-6-18-7-5-16/h2-3H,1,4-7,13H2. The van der Waals surface area contributed by atoms with Crippen LogP contribution in [0.2, 0.25) is 0 Å². The highest BCUT2D eigenvalue weighted by Gasteiger charge is 2.23. The summed E-state index contributed by atoms with van der Waals surface area (Å²) in [6.07, 6.45) is 2.44. The lowest BCUT2D eigenvalue weighted by Crippen LogP contribution is -2.33. The Bertz CT molecular complexity index is 605. The summed E-state index contributed by atoms with van der Waals surface area (Å²) in [5.74, 6) is -0.0361. The molecular formula is C12H14N4O2S. The summed E-state index contributed by atoms with van der Waals surface area (Å²) < 4.78 is 5.36. The van der Waals surface area contributed by atoms with Gasteiger partial charge in [0.05, 0.1) is 18.5 Å². The first kappa shape index (κ1) is 12.3. The van der Waals surface area contributed by atoms with Crippen LogP contribution in [-0.4, -0.2) is 47.3 Å². The molecule has 0 unspecified atom stereocenters. The van der Waals surface area contributed by atoms with Gasteiger partial charge in [-0.05, 0) is 12.5 Å². The third-order valence-electron chi connectivity index (χ3n) is 3.12. The molecule has 0 bridgehead atoms. The number of carbonyl (C=O) groups excluding carboxylic acids is 1. The fraction of sp³-hybridized carbons (Fsp3) is 0.417. The molecule has 0 aromatic carbocycles. The first-order chi connectivity index (χ1) is 9.27. The normalized spacial score (nSPS) is 16.5. The van der Waals surface area contributed by atoms with Crippen molar-refractivity contribution in [3.63, 3.8) is 0 Å². The van der Waals surface area contributed by atoms with E-state index in [1.807, 2.05) is 0 Å². The summed E-state index contributed by atoms with van der Waals surface area (Å²) in [4.78, 5) is 15.5. The average molecular weight is 278 g/mol. The Hall–Kier alpha value is -1.73. The van der Waals surface area contributed by atoms with Crippen LogP contribution >= 0.6 is 11.3 Å². The number of hydrogen-bond acceptors (Lipinski definition) is 6. The lowest BCUT2D eigenvalue weighted by Gasteiger charge is -2.18. The summed E-state index contributed by atoms with van der Waals surface area (Å²) in [6, 6.07) is 1.79. The predicted octanol–water partition coefficient (Wildman–Crippen LogP) is 1.14. The van der Waals surface area contributed by atoms with Crippen LogP contribution in [0.15, 0.2) is 12.3 Å². The second-order valence-corrected chi connectivity index (χ2v) is 5.35. The predicted molar refractivity (Wildman–Crippen MR) is 73.2 cm³/mol. The smallest absolute Gasteiger partial charge is 0.266 e. The number of ether oxygens (including phenoxy) is 1. The Labute approximate surface area is 114 Å². The van der Waals surface area contributed by atoms with Crippen LogP contribution in [0.3, 0.4) is 0 Å². The molecule has 1 aliphatic heterocycles. The number of thiophene rings is 1. The van der Waals surface area contributed by atoms with Crippen molar-refractivity contribution in [1.29, 1.82) is 0 Å². The van der Waals surface area contributed by atoms with Crippen LogP contribution in [0.4, 0.5) is 5.69 Å². The summed E-state index contributed by atoms with van der Waals surface area (Å²) in [7, 11) is 0. The van der Waals surface area contributed by atoms with Crippen LogP contribution in [-0.2, 0) is 4.74 Å². The van der Waals surface area contributed by atoms with Crippen LogP contribution in [0.25, 0.3) is 10.2 Å². The topological polar surface area (TPSA) is 81.3 Å². The zero-order chi connectivity index (χ0) is 13.2. The summed E-state index contributed by atoms with van der Waals surface area (Å²) >= 11 is 1.30. The molecule has 100 valence electrons. The maximum absolute atomic E-state index is 12.5.